The van der Waals surface area contributed by atoms with Crippen LogP contribution in [0.2, 0.25) is 0 Å². The summed E-state index contributed by atoms with van der Waals surface area (Å²) < 4.78 is 41.5. The van der Waals surface area contributed by atoms with Crippen molar-refractivity contribution in [3.05, 3.63) is 28.3 Å². The molecule has 0 aliphatic heterocycles. The number of ether oxygens (including phenoxy) is 1. The van der Waals surface area contributed by atoms with E-state index in [1.807, 2.05) is 0 Å². The van der Waals surface area contributed by atoms with Gasteiger partial charge in [-0.15, -0.1) is 11.3 Å². The molecule has 0 bridgehead atoms. The van der Waals surface area contributed by atoms with Crippen molar-refractivity contribution < 1.29 is 27.5 Å². The average Bonchev–Trinajstić information content (AvgIpc) is 2.84. The van der Waals surface area contributed by atoms with Crippen LogP contribution in [-0.4, -0.2) is 24.5 Å². The van der Waals surface area contributed by atoms with Crippen LogP contribution >= 0.6 is 11.3 Å². The number of carbonyl (C=O) groups excluding carboxylic acids is 2. The van der Waals surface area contributed by atoms with Crippen LogP contribution < -0.4 is 5.32 Å². The lowest BCUT2D eigenvalue weighted by Crippen LogP contribution is -2.20. The number of esters is 1. The third-order valence-corrected chi connectivity index (χ3v) is 4.60. The number of anilines is 1. The zero-order valence-corrected chi connectivity index (χ0v) is 13.3. The van der Waals surface area contributed by atoms with Crippen LogP contribution in [0.15, 0.2) is 12.3 Å². The first-order valence-corrected chi connectivity index (χ1v) is 8.02. The fourth-order valence-corrected chi connectivity index (χ4v) is 3.63. The van der Waals surface area contributed by atoms with Gasteiger partial charge in [-0.25, -0.2) is 4.79 Å². The lowest BCUT2D eigenvalue weighted by Gasteiger charge is -2.12. The number of rotatable bonds is 5. The second-order valence-electron chi connectivity index (χ2n) is 4.98. The quantitative estimate of drug-likeness (QED) is 0.649. The molecule has 1 aromatic rings. The molecule has 0 atom stereocenters. The second-order valence-corrected chi connectivity index (χ2v) is 6.08. The predicted molar refractivity (Wildman–Crippen MR) is 80.7 cm³/mol. The van der Waals surface area contributed by atoms with Gasteiger partial charge in [0.05, 0.1) is 12.2 Å². The van der Waals surface area contributed by atoms with Gasteiger partial charge >= 0.3 is 12.1 Å². The normalized spacial score (nSPS) is 14.6. The van der Waals surface area contributed by atoms with Gasteiger partial charge in [0.1, 0.15) is 5.00 Å². The molecule has 1 N–H and O–H groups in total. The Balaban J connectivity index is 2.24. The van der Waals surface area contributed by atoms with Crippen LogP contribution in [0.1, 0.15) is 40.6 Å². The summed E-state index contributed by atoms with van der Waals surface area (Å²) in [6.07, 6.45) is -0.0396. The van der Waals surface area contributed by atoms with E-state index in [0.717, 1.165) is 42.3 Å². The number of halogens is 3. The van der Waals surface area contributed by atoms with E-state index in [2.05, 4.69) is 5.32 Å². The van der Waals surface area contributed by atoms with Crippen LogP contribution in [0.25, 0.3) is 0 Å². The number of ketones is 1. The lowest BCUT2D eigenvalue weighted by atomic mass is 9.95. The molecule has 0 saturated carbocycles. The summed E-state index contributed by atoms with van der Waals surface area (Å²) >= 11 is 1.32. The third kappa shape index (κ3) is 4.13. The van der Waals surface area contributed by atoms with Gasteiger partial charge in [-0.3, -0.25) is 4.79 Å². The van der Waals surface area contributed by atoms with Crippen molar-refractivity contribution >= 4 is 28.1 Å². The first-order valence-electron chi connectivity index (χ1n) is 7.20. The minimum absolute atomic E-state index is 0.214. The molecule has 0 saturated heterocycles. The maximum atomic E-state index is 12.2. The third-order valence-electron chi connectivity index (χ3n) is 3.38. The molecule has 0 amide bonds. The predicted octanol–water partition coefficient (Wildman–Crippen LogP) is 3.86. The summed E-state index contributed by atoms with van der Waals surface area (Å²) in [6, 6.07) is 0. The number of hydrogen-bond donors (Lipinski definition) is 1. The molecule has 0 aromatic carbocycles. The molecule has 0 unspecified atom stereocenters. The summed E-state index contributed by atoms with van der Waals surface area (Å²) in [5.74, 6) is -2.45. The van der Waals surface area contributed by atoms with Gasteiger partial charge in [-0.2, -0.15) is 13.2 Å². The van der Waals surface area contributed by atoms with Crippen molar-refractivity contribution in [3.63, 3.8) is 0 Å². The Morgan fingerprint density at radius 1 is 1.30 bits per heavy atom. The minimum Gasteiger partial charge on any atom is -0.462 e. The van der Waals surface area contributed by atoms with Crippen molar-refractivity contribution in [2.45, 2.75) is 38.8 Å². The van der Waals surface area contributed by atoms with Crippen LogP contribution in [-0.2, 0) is 22.4 Å². The summed E-state index contributed by atoms with van der Waals surface area (Å²) in [4.78, 5) is 24.0. The molecule has 1 aromatic heterocycles. The van der Waals surface area contributed by atoms with Crippen LogP contribution in [0.4, 0.5) is 18.2 Å². The molecule has 0 spiro atoms. The van der Waals surface area contributed by atoms with Gasteiger partial charge < -0.3 is 10.1 Å². The molecule has 1 heterocycles. The molecular formula is C15H16F3NO3S. The van der Waals surface area contributed by atoms with Crippen molar-refractivity contribution in [3.8, 4) is 0 Å². The Morgan fingerprint density at radius 3 is 2.65 bits per heavy atom. The lowest BCUT2D eigenvalue weighted by molar-refractivity contribution is -0.165. The van der Waals surface area contributed by atoms with E-state index >= 15 is 0 Å². The number of hydrogen-bond acceptors (Lipinski definition) is 5. The second kappa shape index (κ2) is 7.16. The zero-order chi connectivity index (χ0) is 17.0. The number of aryl methyl sites for hydroxylation is 1. The molecule has 0 radical (unpaired) electrons. The van der Waals surface area contributed by atoms with Gasteiger partial charge in [-0.05, 0) is 38.2 Å². The summed E-state index contributed by atoms with van der Waals surface area (Å²) in [6.45, 7) is 1.90. The highest BCUT2D eigenvalue weighted by molar-refractivity contribution is 7.16. The van der Waals surface area contributed by atoms with Gasteiger partial charge in [0.25, 0.3) is 5.78 Å². The van der Waals surface area contributed by atoms with Crippen molar-refractivity contribution in [2.24, 2.45) is 0 Å². The number of carbonyl (C=O) groups is 2. The molecule has 8 heteroatoms. The van der Waals surface area contributed by atoms with Crippen LogP contribution in [0.5, 0.6) is 0 Å². The maximum absolute atomic E-state index is 12.2. The monoisotopic (exact) mass is 347 g/mol. The Bertz CT molecular complexity index is 635. The molecule has 1 aliphatic rings. The SMILES string of the molecule is CCOC(=O)c1c(NC=CC(=O)C(F)(F)F)sc2c1CCCC2. The Labute approximate surface area is 135 Å². The number of thiophene rings is 1. The molecule has 2 rings (SSSR count). The zero-order valence-electron chi connectivity index (χ0n) is 12.5. The summed E-state index contributed by atoms with van der Waals surface area (Å²) in [7, 11) is 0. The first kappa shape index (κ1) is 17.5. The van der Waals surface area contributed by atoms with E-state index in [1.165, 1.54) is 11.3 Å². The van der Waals surface area contributed by atoms with E-state index in [9.17, 15) is 22.8 Å². The first-order chi connectivity index (χ1) is 10.8. The fraction of sp³-hybridized carbons (Fsp3) is 0.467. The highest BCUT2D eigenvalue weighted by Gasteiger charge is 2.36. The van der Waals surface area contributed by atoms with E-state index in [-0.39, 0.29) is 6.61 Å². The van der Waals surface area contributed by atoms with E-state index in [0.29, 0.717) is 16.6 Å². The van der Waals surface area contributed by atoms with Crippen molar-refractivity contribution in [1.82, 2.24) is 0 Å². The van der Waals surface area contributed by atoms with Gasteiger partial charge in [0.2, 0.25) is 0 Å². The highest BCUT2D eigenvalue weighted by atomic mass is 32.1. The molecule has 126 valence electrons. The maximum Gasteiger partial charge on any atom is 0.454 e. The van der Waals surface area contributed by atoms with Crippen molar-refractivity contribution in [1.29, 1.82) is 0 Å². The number of alkyl halides is 3. The van der Waals surface area contributed by atoms with Gasteiger partial charge in [-0.1, -0.05) is 0 Å². The average molecular weight is 347 g/mol. The van der Waals surface area contributed by atoms with E-state index in [4.69, 9.17) is 4.74 Å². The topological polar surface area (TPSA) is 55.4 Å². The van der Waals surface area contributed by atoms with Gasteiger partial charge in [0.15, 0.2) is 0 Å². The molecule has 4 nitrogen and oxygen atoms in total. The Morgan fingerprint density at radius 2 is 2.00 bits per heavy atom. The molecule has 0 fully saturated rings. The van der Waals surface area contributed by atoms with Gasteiger partial charge in [0, 0.05) is 17.2 Å². The molecule has 1 aliphatic carbocycles. The minimum atomic E-state index is -4.91. The Hall–Kier alpha value is -1.83. The highest BCUT2D eigenvalue weighted by Crippen LogP contribution is 2.38. The fourth-order valence-electron chi connectivity index (χ4n) is 2.37. The number of allylic oxidation sites excluding steroid dienone is 1. The Kier molecular flexibility index (Phi) is 5.46. The largest absolute Gasteiger partial charge is 0.462 e. The van der Waals surface area contributed by atoms with E-state index < -0.39 is 17.9 Å². The smallest absolute Gasteiger partial charge is 0.454 e. The summed E-state index contributed by atoms with van der Waals surface area (Å²) in [5, 5.41) is 3.05. The standard InChI is InChI=1S/C15H16F3NO3S/c1-2-22-14(21)12-9-5-3-4-6-10(9)23-13(12)19-8-7-11(20)15(16,17)18/h7-8,19H,2-6H2,1H3. The van der Waals surface area contributed by atoms with Crippen LogP contribution in [0, 0.1) is 0 Å². The summed E-state index contributed by atoms with van der Waals surface area (Å²) in [5.41, 5.74) is 1.27. The van der Waals surface area contributed by atoms with E-state index in [1.54, 1.807) is 6.92 Å². The molecule has 23 heavy (non-hydrogen) atoms. The van der Waals surface area contributed by atoms with Crippen LogP contribution in [0.3, 0.4) is 0 Å². The number of nitrogens with one attached hydrogen (secondary N) is 1. The molecular weight excluding hydrogens is 331 g/mol. The number of fused-ring (bicyclic) bond motifs is 1. The van der Waals surface area contributed by atoms with Crippen molar-refractivity contribution in [2.75, 3.05) is 11.9 Å².